The molecule has 0 unspecified atom stereocenters. The molecule has 0 spiro atoms. The molecule has 0 fully saturated rings. The van der Waals surface area contributed by atoms with Crippen molar-refractivity contribution in [2.45, 2.75) is 11.8 Å². The van der Waals surface area contributed by atoms with Crippen LogP contribution in [-0.2, 0) is 9.84 Å². The molecule has 0 saturated heterocycles. The molecular formula is C8H7ClNNaO4S. The van der Waals surface area contributed by atoms with E-state index in [1.165, 1.54) is 13.0 Å². The van der Waals surface area contributed by atoms with Crippen LogP contribution in [-0.4, -0.2) is 25.1 Å². The van der Waals surface area contributed by atoms with Crippen LogP contribution in [0.2, 0.25) is 5.15 Å². The number of carbonyl (C=O) groups is 1. The van der Waals surface area contributed by atoms with Gasteiger partial charge in [-0.15, -0.1) is 0 Å². The number of aromatic carboxylic acids is 1. The van der Waals surface area contributed by atoms with E-state index in [4.69, 9.17) is 11.6 Å². The van der Waals surface area contributed by atoms with E-state index in [0.29, 0.717) is 0 Å². The molecule has 0 amide bonds. The molecule has 0 bridgehead atoms. The average molecular weight is 272 g/mol. The van der Waals surface area contributed by atoms with Gasteiger partial charge in [0, 0.05) is 0 Å². The topological polar surface area (TPSA) is 87.2 Å². The van der Waals surface area contributed by atoms with Crippen LogP contribution in [0.1, 0.15) is 17.4 Å². The minimum absolute atomic E-state index is 0. The Kier molecular flexibility index (Phi) is 5.92. The Balaban J connectivity index is 0.00000225. The molecule has 0 aliphatic heterocycles. The van der Waals surface area contributed by atoms with Crippen LogP contribution in [0.25, 0.3) is 0 Å². The minimum atomic E-state index is -3.63. The Bertz CT molecular complexity index is 503. The second-order valence-electron chi connectivity index (χ2n) is 2.67. The van der Waals surface area contributed by atoms with Crippen LogP contribution in [0.4, 0.5) is 0 Å². The molecule has 0 aliphatic rings. The summed E-state index contributed by atoms with van der Waals surface area (Å²) in [5.74, 6) is -1.87. The van der Waals surface area contributed by atoms with Gasteiger partial charge in [-0.25, -0.2) is 13.4 Å². The number of halogens is 1. The van der Waals surface area contributed by atoms with Crippen LogP contribution in [0.15, 0.2) is 17.0 Å². The summed E-state index contributed by atoms with van der Waals surface area (Å²) in [4.78, 5) is 13.7. The first kappa shape index (κ1) is 15.9. The zero-order valence-electron chi connectivity index (χ0n) is 8.73. The van der Waals surface area contributed by atoms with Crippen LogP contribution in [0, 0.1) is 0 Å². The van der Waals surface area contributed by atoms with Gasteiger partial charge in [-0.1, -0.05) is 18.5 Å². The Morgan fingerprint density at radius 3 is 2.50 bits per heavy atom. The van der Waals surface area contributed by atoms with Crippen LogP contribution in [0.5, 0.6) is 0 Å². The summed E-state index contributed by atoms with van der Waals surface area (Å²) in [7, 11) is -3.63. The Morgan fingerprint density at radius 2 is 2.06 bits per heavy atom. The predicted octanol–water partition coefficient (Wildman–Crippen LogP) is -3.10. The SMILES string of the molecule is CCS(=O)(=O)c1ccc(Cl)nc1C(=O)[O-].[Na+]. The summed E-state index contributed by atoms with van der Waals surface area (Å²) < 4.78 is 22.9. The summed E-state index contributed by atoms with van der Waals surface area (Å²) in [6.07, 6.45) is 0. The molecule has 82 valence electrons. The average Bonchev–Trinajstić information content (AvgIpc) is 2.17. The third-order valence-corrected chi connectivity index (χ3v) is 3.70. The first-order valence-corrected chi connectivity index (χ1v) is 6.02. The van der Waals surface area contributed by atoms with E-state index in [-0.39, 0.29) is 45.4 Å². The standard InChI is InChI=1S/C8H8ClNO4S.Na/c1-2-15(13,14)5-3-4-6(9)10-7(5)8(11)12;/h3-4H,2H2,1H3,(H,11,12);/q;+1/p-1. The van der Waals surface area contributed by atoms with Crippen molar-refractivity contribution in [2.24, 2.45) is 0 Å². The van der Waals surface area contributed by atoms with Crippen molar-refractivity contribution in [3.63, 3.8) is 0 Å². The van der Waals surface area contributed by atoms with Gasteiger partial charge < -0.3 is 9.90 Å². The Hall–Kier alpha value is -0.140. The minimum Gasteiger partial charge on any atom is -0.543 e. The van der Waals surface area contributed by atoms with Crippen LogP contribution >= 0.6 is 11.6 Å². The molecule has 0 N–H and O–H groups in total. The fraction of sp³-hybridized carbons (Fsp3) is 0.250. The number of hydrogen-bond donors (Lipinski definition) is 0. The second kappa shape index (κ2) is 5.97. The van der Waals surface area contributed by atoms with Crippen LogP contribution < -0.4 is 34.7 Å². The van der Waals surface area contributed by atoms with Gasteiger partial charge in [0.25, 0.3) is 0 Å². The summed E-state index contributed by atoms with van der Waals surface area (Å²) >= 11 is 5.46. The number of hydrogen-bond acceptors (Lipinski definition) is 5. The summed E-state index contributed by atoms with van der Waals surface area (Å²) in [5, 5.41) is 10.5. The van der Waals surface area contributed by atoms with Gasteiger partial charge >= 0.3 is 29.6 Å². The smallest absolute Gasteiger partial charge is 0.543 e. The summed E-state index contributed by atoms with van der Waals surface area (Å²) in [5.41, 5.74) is -0.649. The second-order valence-corrected chi connectivity index (χ2v) is 5.31. The van der Waals surface area contributed by atoms with Crippen molar-refractivity contribution in [3.8, 4) is 0 Å². The molecule has 5 nitrogen and oxygen atoms in total. The molecule has 1 aromatic heterocycles. The van der Waals surface area contributed by atoms with Crippen molar-refractivity contribution < 1.29 is 47.9 Å². The van der Waals surface area contributed by atoms with Crippen molar-refractivity contribution in [2.75, 3.05) is 5.75 Å². The van der Waals surface area contributed by atoms with Crippen molar-refractivity contribution in [3.05, 3.63) is 23.0 Å². The summed E-state index contributed by atoms with van der Waals surface area (Å²) in [6, 6.07) is 2.33. The molecule has 1 rings (SSSR count). The third-order valence-electron chi connectivity index (χ3n) is 1.73. The number of carboxylic acids is 1. The van der Waals surface area contributed by atoms with Gasteiger partial charge in [0.2, 0.25) is 0 Å². The Morgan fingerprint density at radius 1 is 1.50 bits per heavy atom. The molecule has 0 aromatic carbocycles. The molecular weight excluding hydrogens is 265 g/mol. The maximum absolute atomic E-state index is 11.5. The number of aromatic nitrogens is 1. The zero-order chi connectivity index (χ0) is 11.6. The largest absolute Gasteiger partial charge is 1.00 e. The van der Waals surface area contributed by atoms with Crippen molar-refractivity contribution in [1.82, 2.24) is 4.98 Å². The maximum atomic E-state index is 11.5. The Labute approximate surface area is 120 Å². The first-order valence-electron chi connectivity index (χ1n) is 3.99. The number of pyridine rings is 1. The van der Waals surface area contributed by atoms with E-state index in [2.05, 4.69) is 4.98 Å². The number of carboxylic acid groups (broad SMARTS) is 1. The number of carbonyl (C=O) groups excluding carboxylic acids is 1. The van der Waals surface area contributed by atoms with Crippen molar-refractivity contribution in [1.29, 1.82) is 0 Å². The zero-order valence-corrected chi connectivity index (χ0v) is 12.3. The quantitative estimate of drug-likeness (QED) is 0.429. The van der Waals surface area contributed by atoms with Gasteiger partial charge in [-0.05, 0) is 12.1 Å². The van der Waals surface area contributed by atoms with E-state index >= 15 is 0 Å². The van der Waals surface area contributed by atoms with E-state index in [0.717, 1.165) is 6.07 Å². The third kappa shape index (κ3) is 3.43. The van der Waals surface area contributed by atoms with Crippen LogP contribution in [0.3, 0.4) is 0 Å². The number of rotatable bonds is 3. The number of nitrogens with zero attached hydrogens (tertiary/aromatic N) is 1. The van der Waals surface area contributed by atoms with E-state index in [1.807, 2.05) is 0 Å². The summed E-state index contributed by atoms with van der Waals surface area (Å²) in [6.45, 7) is 1.41. The van der Waals surface area contributed by atoms with Crippen molar-refractivity contribution >= 4 is 27.4 Å². The van der Waals surface area contributed by atoms with Gasteiger partial charge in [0.1, 0.15) is 10.8 Å². The molecule has 16 heavy (non-hydrogen) atoms. The van der Waals surface area contributed by atoms with Gasteiger partial charge in [-0.2, -0.15) is 0 Å². The fourth-order valence-electron chi connectivity index (χ4n) is 0.975. The van der Waals surface area contributed by atoms with E-state index in [1.54, 1.807) is 0 Å². The van der Waals surface area contributed by atoms with E-state index < -0.39 is 21.5 Å². The van der Waals surface area contributed by atoms with E-state index in [9.17, 15) is 18.3 Å². The predicted molar refractivity (Wildman–Crippen MR) is 51.3 cm³/mol. The maximum Gasteiger partial charge on any atom is 1.00 e. The molecule has 0 aliphatic carbocycles. The molecule has 0 atom stereocenters. The first-order chi connectivity index (χ1) is 6.88. The fourth-order valence-corrected chi connectivity index (χ4v) is 2.13. The monoisotopic (exact) mass is 271 g/mol. The van der Waals surface area contributed by atoms with Gasteiger partial charge in [0.05, 0.1) is 16.6 Å². The normalized spacial score (nSPS) is 10.6. The van der Waals surface area contributed by atoms with Gasteiger partial charge in [-0.3, -0.25) is 0 Å². The number of sulfone groups is 1. The molecule has 1 heterocycles. The molecule has 0 radical (unpaired) electrons. The molecule has 8 heteroatoms. The molecule has 1 aromatic rings. The molecule has 0 saturated carbocycles. The van der Waals surface area contributed by atoms with Gasteiger partial charge in [0.15, 0.2) is 9.84 Å².